The van der Waals surface area contributed by atoms with Gasteiger partial charge >= 0.3 is 0 Å². The molecule has 2 aromatic carbocycles. The van der Waals surface area contributed by atoms with Crippen LogP contribution < -0.4 is 0 Å². The molecule has 0 aliphatic carbocycles. The van der Waals surface area contributed by atoms with Gasteiger partial charge in [-0.15, -0.1) is 0 Å². The summed E-state index contributed by atoms with van der Waals surface area (Å²) < 4.78 is 13.4. The van der Waals surface area contributed by atoms with E-state index in [1.54, 1.807) is 12.1 Å². The normalized spacial score (nSPS) is 12.8. The number of rotatable bonds is 7. The molecule has 3 heteroatoms. The Morgan fingerprint density at radius 2 is 1.59 bits per heavy atom. The zero-order chi connectivity index (χ0) is 15.9. The van der Waals surface area contributed by atoms with Crippen LogP contribution in [0.4, 0.5) is 4.39 Å². The van der Waals surface area contributed by atoms with Crippen LogP contribution >= 0.6 is 0 Å². The zero-order valence-electron chi connectivity index (χ0n) is 13.2. The van der Waals surface area contributed by atoms with Gasteiger partial charge in [0.25, 0.3) is 0 Å². The number of hydrogen-bond acceptors (Lipinski definition) is 2. The Bertz CT molecular complexity index is 571. The van der Waals surface area contributed by atoms with Crippen LogP contribution in [-0.4, -0.2) is 22.7 Å². The maximum absolute atomic E-state index is 13.4. The predicted molar refractivity (Wildman–Crippen MR) is 87.8 cm³/mol. The first kappa shape index (κ1) is 16.7. The molecule has 0 aliphatic heterocycles. The summed E-state index contributed by atoms with van der Waals surface area (Å²) in [7, 11) is 0. The number of nitrogens with zero attached hydrogens (tertiary/aromatic N) is 1. The van der Waals surface area contributed by atoms with Gasteiger partial charge in [-0.25, -0.2) is 4.39 Å². The molecule has 0 fully saturated rings. The van der Waals surface area contributed by atoms with Crippen molar-refractivity contribution in [3.8, 4) is 0 Å². The van der Waals surface area contributed by atoms with Crippen LogP contribution in [0, 0.1) is 11.7 Å². The van der Waals surface area contributed by atoms with E-state index in [4.69, 9.17) is 0 Å². The van der Waals surface area contributed by atoms with E-state index in [-0.39, 0.29) is 18.5 Å². The number of aliphatic hydroxyl groups excluding tert-OH is 1. The Labute approximate surface area is 132 Å². The van der Waals surface area contributed by atoms with Crippen molar-refractivity contribution in [1.29, 1.82) is 0 Å². The van der Waals surface area contributed by atoms with Crippen LogP contribution in [0.3, 0.4) is 0 Å². The molecule has 0 radical (unpaired) electrons. The highest BCUT2D eigenvalue weighted by molar-refractivity contribution is 5.18. The van der Waals surface area contributed by atoms with Crippen LogP contribution in [0.2, 0.25) is 0 Å². The van der Waals surface area contributed by atoms with Gasteiger partial charge in [-0.1, -0.05) is 56.3 Å². The van der Waals surface area contributed by atoms with E-state index in [0.717, 1.165) is 12.1 Å². The standard InChI is InChI=1S/C19H24FNO/c1-15(2)19(14-22)21(12-16-7-4-3-5-8-16)13-17-9-6-10-18(20)11-17/h3-11,15,19,22H,12-14H2,1-2H3. The number of hydrogen-bond donors (Lipinski definition) is 1. The lowest BCUT2D eigenvalue weighted by Gasteiger charge is -2.33. The van der Waals surface area contributed by atoms with Crippen molar-refractivity contribution in [2.75, 3.05) is 6.61 Å². The van der Waals surface area contributed by atoms with Gasteiger partial charge in [-0.05, 0) is 29.2 Å². The summed E-state index contributed by atoms with van der Waals surface area (Å²) >= 11 is 0. The highest BCUT2D eigenvalue weighted by Gasteiger charge is 2.21. The minimum atomic E-state index is -0.220. The molecule has 2 aromatic rings. The molecule has 0 saturated carbocycles. The van der Waals surface area contributed by atoms with Crippen LogP contribution in [0.15, 0.2) is 54.6 Å². The molecule has 1 unspecified atom stereocenters. The Hall–Kier alpha value is -1.71. The lowest BCUT2D eigenvalue weighted by molar-refractivity contribution is 0.0784. The molecule has 118 valence electrons. The summed E-state index contributed by atoms with van der Waals surface area (Å²) in [6, 6.07) is 16.9. The molecule has 22 heavy (non-hydrogen) atoms. The first-order chi connectivity index (χ1) is 10.6. The third-order valence-corrected chi connectivity index (χ3v) is 3.93. The van der Waals surface area contributed by atoms with E-state index in [1.165, 1.54) is 11.6 Å². The summed E-state index contributed by atoms with van der Waals surface area (Å²) in [5, 5.41) is 9.76. The predicted octanol–water partition coefficient (Wildman–Crippen LogP) is 3.84. The van der Waals surface area contributed by atoms with Crippen molar-refractivity contribution in [2.45, 2.75) is 33.0 Å². The largest absolute Gasteiger partial charge is 0.395 e. The van der Waals surface area contributed by atoms with E-state index in [1.807, 2.05) is 24.3 Å². The number of aliphatic hydroxyl groups is 1. The van der Waals surface area contributed by atoms with Crippen molar-refractivity contribution in [3.05, 3.63) is 71.5 Å². The quantitative estimate of drug-likeness (QED) is 0.840. The van der Waals surface area contributed by atoms with Gasteiger partial charge in [0, 0.05) is 19.1 Å². The third-order valence-electron chi connectivity index (χ3n) is 3.93. The molecule has 0 spiro atoms. The maximum atomic E-state index is 13.4. The van der Waals surface area contributed by atoms with Gasteiger partial charge in [-0.2, -0.15) is 0 Å². The summed E-state index contributed by atoms with van der Waals surface area (Å²) in [4.78, 5) is 2.22. The molecular formula is C19H24FNO. The fourth-order valence-corrected chi connectivity index (χ4v) is 2.73. The Morgan fingerprint density at radius 3 is 2.18 bits per heavy atom. The Balaban J connectivity index is 2.20. The lowest BCUT2D eigenvalue weighted by Crippen LogP contribution is -2.40. The van der Waals surface area contributed by atoms with E-state index in [9.17, 15) is 9.50 Å². The molecule has 0 amide bonds. The molecule has 0 heterocycles. The summed E-state index contributed by atoms with van der Waals surface area (Å²) in [5.41, 5.74) is 2.12. The summed E-state index contributed by atoms with van der Waals surface area (Å²) in [6.45, 7) is 5.66. The molecule has 2 nitrogen and oxygen atoms in total. The lowest BCUT2D eigenvalue weighted by atomic mass is 10.0. The molecular weight excluding hydrogens is 277 g/mol. The molecule has 0 bridgehead atoms. The van der Waals surface area contributed by atoms with Crippen molar-refractivity contribution < 1.29 is 9.50 Å². The average Bonchev–Trinajstić information content (AvgIpc) is 2.48. The highest BCUT2D eigenvalue weighted by atomic mass is 19.1. The van der Waals surface area contributed by atoms with Gasteiger partial charge in [0.1, 0.15) is 5.82 Å². The van der Waals surface area contributed by atoms with Crippen LogP contribution in [0.1, 0.15) is 25.0 Å². The molecule has 0 aromatic heterocycles. The average molecular weight is 301 g/mol. The van der Waals surface area contributed by atoms with E-state index >= 15 is 0 Å². The van der Waals surface area contributed by atoms with Crippen molar-refractivity contribution in [1.82, 2.24) is 4.90 Å². The maximum Gasteiger partial charge on any atom is 0.123 e. The van der Waals surface area contributed by atoms with Gasteiger partial charge in [-0.3, -0.25) is 4.90 Å². The van der Waals surface area contributed by atoms with Gasteiger partial charge in [0.05, 0.1) is 6.61 Å². The second kappa shape index (κ2) is 8.06. The van der Waals surface area contributed by atoms with Gasteiger partial charge in [0.2, 0.25) is 0 Å². The smallest absolute Gasteiger partial charge is 0.123 e. The van der Waals surface area contributed by atoms with E-state index < -0.39 is 0 Å². The number of benzene rings is 2. The highest BCUT2D eigenvalue weighted by Crippen LogP contribution is 2.18. The second-order valence-electron chi connectivity index (χ2n) is 6.01. The molecule has 0 saturated heterocycles. The topological polar surface area (TPSA) is 23.5 Å². The van der Waals surface area contributed by atoms with Gasteiger partial charge < -0.3 is 5.11 Å². The second-order valence-corrected chi connectivity index (χ2v) is 6.01. The number of halogens is 1. The molecule has 1 atom stereocenters. The summed E-state index contributed by atoms with van der Waals surface area (Å²) in [6.07, 6.45) is 0. The first-order valence-corrected chi connectivity index (χ1v) is 7.73. The van der Waals surface area contributed by atoms with Gasteiger partial charge in [0.15, 0.2) is 0 Å². The Kier molecular flexibility index (Phi) is 6.10. The summed E-state index contributed by atoms with van der Waals surface area (Å²) in [5.74, 6) is 0.101. The van der Waals surface area contributed by atoms with Crippen LogP contribution in [0.5, 0.6) is 0 Å². The van der Waals surface area contributed by atoms with Crippen molar-refractivity contribution in [2.24, 2.45) is 5.92 Å². The SMILES string of the molecule is CC(C)C(CO)N(Cc1ccccc1)Cc1cccc(F)c1. The van der Waals surface area contributed by atoms with E-state index in [2.05, 4.69) is 30.9 Å². The van der Waals surface area contributed by atoms with E-state index in [0.29, 0.717) is 12.5 Å². The third kappa shape index (κ3) is 4.65. The Morgan fingerprint density at radius 1 is 0.955 bits per heavy atom. The fourth-order valence-electron chi connectivity index (χ4n) is 2.73. The fraction of sp³-hybridized carbons (Fsp3) is 0.368. The van der Waals surface area contributed by atoms with Crippen LogP contribution in [-0.2, 0) is 13.1 Å². The first-order valence-electron chi connectivity index (χ1n) is 7.73. The zero-order valence-corrected chi connectivity index (χ0v) is 13.2. The minimum absolute atomic E-state index is 0.0449. The van der Waals surface area contributed by atoms with Crippen molar-refractivity contribution in [3.63, 3.8) is 0 Å². The van der Waals surface area contributed by atoms with Crippen molar-refractivity contribution >= 4 is 0 Å². The molecule has 2 rings (SSSR count). The minimum Gasteiger partial charge on any atom is -0.395 e. The molecule has 0 aliphatic rings. The van der Waals surface area contributed by atoms with Crippen LogP contribution in [0.25, 0.3) is 0 Å². The monoisotopic (exact) mass is 301 g/mol. The molecule has 1 N–H and O–H groups in total.